The number of hydrogen-bond acceptors (Lipinski definition) is 3. The maximum atomic E-state index is 5.33. The Morgan fingerprint density at radius 3 is 1.27 bits per heavy atom. The largest absolute Gasteiger partial charge is 0.362 e. The molecule has 0 radical (unpaired) electrons. The van der Waals surface area contributed by atoms with E-state index in [2.05, 4.69) is 280 Å². The highest BCUT2D eigenvalue weighted by molar-refractivity contribution is 5.90. The molecule has 8 aromatic carbocycles. The van der Waals surface area contributed by atoms with Crippen LogP contribution < -0.4 is 0 Å². The molecule has 0 amide bonds. The minimum Gasteiger partial charge on any atom is -0.362 e. The van der Waals surface area contributed by atoms with Crippen LogP contribution in [-0.2, 0) is 32.6 Å². The molecule has 9 aromatic rings. The van der Waals surface area contributed by atoms with Gasteiger partial charge in [-0.1, -0.05) is 244 Å². The number of rotatable bonds is 6. The summed E-state index contributed by atoms with van der Waals surface area (Å²) in [5, 5.41) is 0. The summed E-state index contributed by atoms with van der Waals surface area (Å²) in [4.78, 5) is 10.2. The minimum absolute atomic E-state index is 0.00684. The lowest BCUT2D eigenvalue weighted by Crippen LogP contribution is -2.45. The number of nitrogens with zero attached hydrogens (tertiary/aromatic N) is 3. The Balaban J connectivity index is 1.13. The standard InChI is InChI=1S/C72H67N3/c1-67(2,3)47-32-35-62-57(43-47)54-25-11-14-28-60(54)70(62,50-21-19-23-52(41-50)71(66-31-17-18-38-73-66)61-29-15-12-26-55(61)58-44-48(68(4,5)6)33-36-63(58)71)51-22-20-24-53(42-51)72(75-40-39-74(10)46-75)64-30-16-13-27-56(64)59-45-49(69(7,8)9)34-37-65(59)72/h11-45H,46H2,1-10H3. The summed E-state index contributed by atoms with van der Waals surface area (Å²) >= 11 is 0. The van der Waals surface area contributed by atoms with Gasteiger partial charge in [0, 0.05) is 25.6 Å². The van der Waals surface area contributed by atoms with Crippen LogP contribution in [0.4, 0.5) is 0 Å². The van der Waals surface area contributed by atoms with Crippen LogP contribution in [0.1, 0.15) is 140 Å². The first-order valence-electron chi connectivity index (χ1n) is 27.0. The topological polar surface area (TPSA) is 19.4 Å². The van der Waals surface area contributed by atoms with Crippen molar-refractivity contribution in [2.24, 2.45) is 0 Å². The fourth-order valence-corrected chi connectivity index (χ4v) is 13.8. The molecule has 3 aliphatic carbocycles. The predicted octanol–water partition coefficient (Wildman–Crippen LogP) is 16.6. The molecule has 370 valence electrons. The van der Waals surface area contributed by atoms with Crippen LogP contribution in [0.2, 0.25) is 0 Å². The van der Waals surface area contributed by atoms with E-state index >= 15 is 0 Å². The molecular formula is C72H67N3. The predicted molar refractivity (Wildman–Crippen MR) is 310 cm³/mol. The molecule has 3 heteroatoms. The van der Waals surface area contributed by atoms with Crippen molar-refractivity contribution in [2.75, 3.05) is 13.7 Å². The van der Waals surface area contributed by atoms with Gasteiger partial charge in [-0.2, -0.15) is 0 Å². The Kier molecular flexibility index (Phi) is 10.3. The lowest BCUT2D eigenvalue weighted by molar-refractivity contribution is 0.198. The average Bonchev–Trinajstić information content (AvgIpc) is 4.30. The second kappa shape index (κ2) is 16.4. The third kappa shape index (κ3) is 6.62. The van der Waals surface area contributed by atoms with Crippen molar-refractivity contribution in [2.45, 2.75) is 94.9 Å². The highest BCUT2D eigenvalue weighted by Crippen LogP contribution is 2.62. The summed E-state index contributed by atoms with van der Waals surface area (Å²) in [5.74, 6) is 0. The molecule has 0 saturated carbocycles. The zero-order valence-corrected chi connectivity index (χ0v) is 45.3. The molecule has 3 unspecified atom stereocenters. The molecule has 13 rings (SSSR count). The third-order valence-corrected chi connectivity index (χ3v) is 17.5. The van der Waals surface area contributed by atoms with Gasteiger partial charge in [0.15, 0.2) is 0 Å². The molecule has 2 heterocycles. The minimum atomic E-state index is -0.716. The summed E-state index contributed by atoms with van der Waals surface area (Å²) in [7, 11) is 2.19. The molecule has 0 fully saturated rings. The zero-order chi connectivity index (χ0) is 51.9. The average molecular weight is 974 g/mol. The van der Waals surface area contributed by atoms with E-state index in [1.54, 1.807) is 0 Å². The van der Waals surface area contributed by atoms with Gasteiger partial charge in [-0.3, -0.25) is 4.98 Å². The van der Waals surface area contributed by atoms with Gasteiger partial charge >= 0.3 is 0 Å². The normalized spacial score (nSPS) is 20.1. The molecule has 3 nitrogen and oxygen atoms in total. The molecule has 0 N–H and O–H groups in total. The van der Waals surface area contributed by atoms with Crippen molar-refractivity contribution in [3.8, 4) is 33.4 Å². The molecule has 75 heavy (non-hydrogen) atoms. The summed E-state index contributed by atoms with van der Waals surface area (Å²) in [6, 6.07) is 75.4. The monoisotopic (exact) mass is 974 g/mol. The highest BCUT2D eigenvalue weighted by Gasteiger charge is 2.53. The van der Waals surface area contributed by atoms with E-state index in [-0.39, 0.29) is 16.2 Å². The van der Waals surface area contributed by atoms with Crippen LogP contribution in [0.15, 0.2) is 213 Å². The maximum Gasteiger partial charge on any atom is 0.118 e. The van der Waals surface area contributed by atoms with Crippen LogP contribution in [0, 0.1) is 0 Å². The molecule has 0 bridgehead atoms. The molecule has 0 spiro atoms. The number of benzene rings is 8. The SMILES string of the molecule is CN1C=CN(C2(c3cccc(C4(c5cccc(C6(c7ccccn7)c7ccccc7-c7cc(C(C)(C)C)ccc76)c5)c5ccccc5-c5cc(C(C)(C)C)ccc54)c3)c3ccccc3-c3cc(C(C)(C)C)ccc32)C1. The van der Waals surface area contributed by atoms with E-state index in [0.717, 1.165) is 12.4 Å². The first-order chi connectivity index (χ1) is 36.0. The molecule has 0 saturated heterocycles. The van der Waals surface area contributed by atoms with Crippen molar-refractivity contribution < 1.29 is 0 Å². The third-order valence-electron chi connectivity index (χ3n) is 17.5. The fraction of sp³-hybridized carbons (Fsp3) is 0.236. The Morgan fingerprint density at radius 2 is 0.760 bits per heavy atom. The van der Waals surface area contributed by atoms with Crippen molar-refractivity contribution in [1.29, 1.82) is 0 Å². The van der Waals surface area contributed by atoms with E-state index in [1.807, 2.05) is 12.3 Å². The summed E-state index contributed by atoms with van der Waals surface area (Å²) < 4.78 is 0. The van der Waals surface area contributed by atoms with Crippen molar-refractivity contribution in [3.63, 3.8) is 0 Å². The van der Waals surface area contributed by atoms with E-state index in [4.69, 9.17) is 4.98 Å². The van der Waals surface area contributed by atoms with Crippen molar-refractivity contribution in [1.82, 2.24) is 14.8 Å². The lowest BCUT2D eigenvalue weighted by Gasteiger charge is -2.43. The number of pyridine rings is 1. The van der Waals surface area contributed by atoms with Crippen LogP contribution in [-0.4, -0.2) is 28.5 Å². The van der Waals surface area contributed by atoms with Gasteiger partial charge in [-0.15, -0.1) is 0 Å². The maximum absolute atomic E-state index is 5.33. The summed E-state index contributed by atoms with van der Waals surface area (Å²) in [5.41, 5.74) is 23.3. The Labute approximate surface area is 445 Å². The van der Waals surface area contributed by atoms with E-state index in [9.17, 15) is 0 Å². The Morgan fingerprint density at radius 1 is 0.360 bits per heavy atom. The second-order valence-corrected chi connectivity index (χ2v) is 24.9. The molecule has 3 atom stereocenters. The van der Waals surface area contributed by atoms with Crippen molar-refractivity contribution >= 4 is 0 Å². The van der Waals surface area contributed by atoms with Crippen LogP contribution in [0.3, 0.4) is 0 Å². The van der Waals surface area contributed by atoms with Gasteiger partial charge < -0.3 is 9.80 Å². The highest BCUT2D eigenvalue weighted by atomic mass is 15.4. The zero-order valence-electron chi connectivity index (χ0n) is 45.3. The van der Waals surface area contributed by atoms with E-state index in [0.29, 0.717) is 0 Å². The molecule has 1 aliphatic heterocycles. The van der Waals surface area contributed by atoms with Gasteiger partial charge in [-0.05, 0) is 134 Å². The second-order valence-electron chi connectivity index (χ2n) is 24.9. The number of fused-ring (bicyclic) bond motifs is 9. The molecular weight excluding hydrogens is 907 g/mol. The first-order valence-corrected chi connectivity index (χ1v) is 27.0. The van der Waals surface area contributed by atoms with Gasteiger partial charge in [0.2, 0.25) is 0 Å². The fourth-order valence-electron chi connectivity index (χ4n) is 13.8. The van der Waals surface area contributed by atoms with Gasteiger partial charge in [0.1, 0.15) is 5.54 Å². The van der Waals surface area contributed by atoms with Crippen LogP contribution in [0.5, 0.6) is 0 Å². The van der Waals surface area contributed by atoms with Gasteiger partial charge in [0.25, 0.3) is 0 Å². The van der Waals surface area contributed by atoms with Crippen molar-refractivity contribution in [3.05, 3.63) is 291 Å². The first kappa shape index (κ1) is 47.0. The summed E-state index contributed by atoms with van der Waals surface area (Å²) in [6.45, 7) is 21.7. The summed E-state index contributed by atoms with van der Waals surface area (Å²) in [6.07, 6.45) is 6.53. The van der Waals surface area contributed by atoms with Gasteiger partial charge in [-0.25, -0.2) is 0 Å². The quantitative estimate of drug-likeness (QED) is 0.166. The van der Waals surface area contributed by atoms with E-state index in [1.165, 1.54) is 106 Å². The van der Waals surface area contributed by atoms with E-state index < -0.39 is 16.4 Å². The smallest absolute Gasteiger partial charge is 0.118 e. The van der Waals surface area contributed by atoms with Crippen LogP contribution in [0.25, 0.3) is 33.4 Å². The lowest BCUT2D eigenvalue weighted by atomic mass is 9.64. The molecule has 1 aromatic heterocycles. The Hall–Kier alpha value is -7.75. The Bertz CT molecular complexity index is 3800. The number of aromatic nitrogens is 1. The molecule has 4 aliphatic rings. The van der Waals surface area contributed by atoms with Gasteiger partial charge in [0.05, 0.1) is 23.2 Å². The van der Waals surface area contributed by atoms with Crippen LogP contribution >= 0.6 is 0 Å². The number of hydrogen-bond donors (Lipinski definition) is 0.